The van der Waals surface area contributed by atoms with E-state index in [4.69, 9.17) is 11.6 Å². The van der Waals surface area contributed by atoms with Crippen LogP contribution in [0.5, 0.6) is 0 Å². The molecule has 16 heavy (non-hydrogen) atoms. The van der Waals surface area contributed by atoms with Gasteiger partial charge >= 0.3 is 0 Å². The van der Waals surface area contributed by atoms with Crippen LogP contribution in [0.2, 0.25) is 5.02 Å². The molecular formula is C12H16ClFN2. The van der Waals surface area contributed by atoms with Gasteiger partial charge in [-0.3, -0.25) is 0 Å². The standard InChI is InChI=1S/C12H16ClFN2/c1-9-4-6-16(7-5-15-9)10-2-3-11(13)12(14)8-10/h2-3,8-9,15H,4-7H2,1H3. The lowest BCUT2D eigenvalue weighted by Gasteiger charge is -2.22. The van der Waals surface area contributed by atoms with Crippen LogP contribution in [0.4, 0.5) is 10.1 Å². The van der Waals surface area contributed by atoms with E-state index in [1.54, 1.807) is 6.07 Å². The van der Waals surface area contributed by atoms with Gasteiger partial charge in [0, 0.05) is 31.4 Å². The first-order chi connectivity index (χ1) is 7.66. The molecule has 4 heteroatoms. The van der Waals surface area contributed by atoms with E-state index in [-0.39, 0.29) is 10.8 Å². The van der Waals surface area contributed by atoms with Gasteiger partial charge in [-0.25, -0.2) is 4.39 Å². The van der Waals surface area contributed by atoms with Crippen molar-refractivity contribution >= 4 is 17.3 Å². The van der Waals surface area contributed by atoms with Crippen LogP contribution in [0, 0.1) is 5.82 Å². The lowest BCUT2D eigenvalue weighted by atomic mass is 10.2. The molecule has 1 saturated heterocycles. The lowest BCUT2D eigenvalue weighted by molar-refractivity contribution is 0.566. The molecule has 2 nitrogen and oxygen atoms in total. The zero-order valence-electron chi connectivity index (χ0n) is 9.34. The Labute approximate surface area is 100 Å². The molecule has 1 aliphatic heterocycles. The van der Waals surface area contributed by atoms with Crippen LogP contribution < -0.4 is 10.2 Å². The molecule has 1 atom stereocenters. The van der Waals surface area contributed by atoms with Crippen LogP contribution in [0.25, 0.3) is 0 Å². The SMILES string of the molecule is CC1CCN(c2ccc(Cl)c(F)c2)CCN1. The van der Waals surface area contributed by atoms with Gasteiger partial charge in [0.1, 0.15) is 5.82 Å². The van der Waals surface area contributed by atoms with Gasteiger partial charge in [-0.15, -0.1) is 0 Å². The molecule has 2 rings (SSSR count). The molecule has 1 aromatic carbocycles. The van der Waals surface area contributed by atoms with E-state index in [1.807, 2.05) is 6.07 Å². The molecular weight excluding hydrogens is 227 g/mol. The molecule has 0 amide bonds. The summed E-state index contributed by atoms with van der Waals surface area (Å²) in [5, 5.41) is 3.59. The molecule has 0 bridgehead atoms. The van der Waals surface area contributed by atoms with E-state index in [1.165, 1.54) is 6.07 Å². The van der Waals surface area contributed by atoms with Gasteiger partial charge in [-0.2, -0.15) is 0 Å². The molecule has 0 spiro atoms. The van der Waals surface area contributed by atoms with E-state index in [0.29, 0.717) is 6.04 Å². The molecule has 1 N–H and O–H groups in total. The Morgan fingerprint density at radius 1 is 1.44 bits per heavy atom. The van der Waals surface area contributed by atoms with Crippen molar-refractivity contribution < 1.29 is 4.39 Å². The minimum Gasteiger partial charge on any atom is -0.370 e. The Balaban J connectivity index is 2.13. The fraction of sp³-hybridized carbons (Fsp3) is 0.500. The molecule has 1 aliphatic rings. The van der Waals surface area contributed by atoms with E-state index < -0.39 is 0 Å². The van der Waals surface area contributed by atoms with Gasteiger partial charge in [0.25, 0.3) is 0 Å². The Hall–Kier alpha value is -0.800. The molecule has 0 aliphatic carbocycles. The van der Waals surface area contributed by atoms with Crippen molar-refractivity contribution in [3.63, 3.8) is 0 Å². The summed E-state index contributed by atoms with van der Waals surface area (Å²) in [6.07, 6.45) is 1.07. The summed E-state index contributed by atoms with van der Waals surface area (Å²) in [6.45, 7) is 4.97. The van der Waals surface area contributed by atoms with Gasteiger partial charge in [0.2, 0.25) is 0 Å². The van der Waals surface area contributed by atoms with Crippen molar-refractivity contribution in [1.29, 1.82) is 0 Å². The van der Waals surface area contributed by atoms with Crippen LogP contribution in [0.3, 0.4) is 0 Å². The Morgan fingerprint density at radius 2 is 2.25 bits per heavy atom. The molecule has 0 saturated carbocycles. The lowest BCUT2D eigenvalue weighted by Crippen LogP contribution is -2.29. The Morgan fingerprint density at radius 3 is 3.00 bits per heavy atom. The van der Waals surface area contributed by atoms with Gasteiger partial charge in [-0.05, 0) is 31.5 Å². The average Bonchev–Trinajstić information content (AvgIpc) is 2.47. The minimum absolute atomic E-state index is 0.185. The molecule has 1 fully saturated rings. The molecule has 1 unspecified atom stereocenters. The Bertz CT molecular complexity index is 370. The van der Waals surface area contributed by atoms with Crippen molar-refractivity contribution in [1.82, 2.24) is 5.32 Å². The average molecular weight is 243 g/mol. The van der Waals surface area contributed by atoms with Crippen molar-refractivity contribution in [2.24, 2.45) is 0 Å². The summed E-state index contributed by atoms with van der Waals surface area (Å²) in [4.78, 5) is 2.19. The highest BCUT2D eigenvalue weighted by atomic mass is 35.5. The number of halogens is 2. The number of hydrogen-bond acceptors (Lipinski definition) is 2. The van der Waals surface area contributed by atoms with Crippen LogP contribution in [0.1, 0.15) is 13.3 Å². The summed E-state index contributed by atoms with van der Waals surface area (Å²) >= 11 is 5.67. The van der Waals surface area contributed by atoms with Gasteiger partial charge < -0.3 is 10.2 Å². The molecule has 0 radical (unpaired) electrons. The monoisotopic (exact) mass is 242 g/mol. The van der Waals surface area contributed by atoms with Crippen molar-refractivity contribution in [3.8, 4) is 0 Å². The van der Waals surface area contributed by atoms with E-state index in [9.17, 15) is 4.39 Å². The second-order valence-corrected chi connectivity index (χ2v) is 4.64. The predicted molar refractivity (Wildman–Crippen MR) is 65.7 cm³/mol. The normalized spacial score (nSPS) is 21.9. The van der Waals surface area contributed by atoms with Gasteiger partial charge in [0.05, 0.1) is 5.02 Å². The first kappa shape index (κ1) is 11.7. The van der Waals surface area contributed by atoms with Crippen molar-refractivity contribution in [2.75, 3.05) is 24.5 Å². The van der Waals surface area contributed by atoms with E-state index in [0.717, 1.165) is 31.7 Å². The quantitative estimate of drug-likeness (QED) is 0.815. The first-order valence-electron chi connectivity index (χ1n) is 5.60. The third-order valence-corrected chi connectivity index (χ3v) is 3.28. The smallest absolute Gasteiger partial charge is 0.143 e. The summed E-state index contributed by atoms with van der Waals surface area (Å²) < 4.78 is 13.3. The maximum absolute atomic E-state index is 13.3. The zero-order valence-corrected chi connectivity index (χ0v) is 10.1. The zero-order chi connectivity index (χ0) is 11.5. The number of benzene rings is 1. The topological polar surface area (TPSA) is 15.3 Å². The first-order valence-corrected chi connectivity index (χ1v) is 5.98. The van der Waals surface area contributed by atoms with E-state index in [2.05, 4.69) is 17.1 Å². The third-order valence-electron chi connectivity index (χ3n) is 2.97. The number of rotatable bonds is 1. The molecule has 0 aromatic heterocycles. The predicted octanol–water partition coefficient (Wildman–Crippen LogP) is 2.67. The van der Waals surface area contributed by atoms with Crippen LogP contribution in [0.15, 0.2) is 18.2 Å². The highest BCUT2D eigenvalue weighted by Gasteiger charge is 2.14. The molecule has 88 valence electrons. The largest absolute Gasteiger partial charge is 0.370 e. The fourth-order valence-corrected chi connectivity index (χ4v) is 2.07. The highest BCUT2D eigenvalue weighted by Crippen LogP contribution is 2.22. The Kier molecular flexibility index (Phi) is 3.66. The molecule has 1 aromatic rings. The fourth-order valence-electron chi connectivity index (χ4n) is 1.95. The van der Waals surface area contributed by atoms with Crippen LogP contribution >= 0.6 is 11.6 Å². The number of nitrogens with zero attached hydrogens (tertiary/aromatic N) is 1. The number of anilines is 1. The van der Waals surface area contributed by atoms with Crippen LogP contribution in [-0.4, -0.2) is 25.7 Å². The second-order valence-electron chi connectivity index (χ2n) is 4.23. The van der Waals surface area contributed by atoms with Crippen LogP contribution in [-0.2, 0) is 0 Å². The second kappa shape index (κ2) is 5.02. The summed E-state index contributed by atoms with van der Waals surface area (Å²) in [5.74, 6) is -0.343. The van der Waals surface area contributed by atoms with Gasteiger partial charge in [-0.1, -0.05) is 11.6 Å². The van der Waals surface area contributed by atoms with Crippen molar-refractivity contribution in [2.45, 2.75) is 19.4 Å². The number of nitrogens with one attached hydrogen (secondary N) is 1. The summed E-state index contributed by atoms with van der Waals surface area (Å²) in [7, 11) is 0. The van der Waals surface area contributed by atoms with Gasteiger partial charge in [0.15, 0.2) is 0 Å². The van der Waals surface area contributed by atoms with Crippen molar-refractivity contribution in [3.05, 3.63) is 29.0 Å². The van der Waals surface area contributed by atoms with E-state index >= 15 is 0 Å². The highest BCUT2D eigenvalue weighted by molar-refractivity contribution is 6.30. The third kappa shape index (κ3) is 2.66. The maximum atomic E-state index is 13.3. The minimum atomic E-state index is -0.343. The summed E-state index contributed by atoms with van der Waals surface area (Å²) in [5.41, 5.74) is 0.915. The molecule has 1 heterocycles. The summed E-state index contributed by atoms with van der Waals surface area (Å²) in [6, 6.07) is 5.54. The maximum Gasteiger partial charge on any atom is 0.143 e. The number of hydrogen-bond donors (Lipinski definition) is 1.